The predicted octanol–water partition coefficient (Wildman–Crippen LogP) is 8.15. The molecule has 14 nitrogen and oxygen atoms in total. The Kier molecular flexibility index (Phi) is 14.4. The number of carbonyl (C=O) groups is 3. The molecular formula is C51H64F2N6O8. The molecule has 67 heavy (non-hydrogen) atoms. The first-order valence-corrected chi connectivity index (χ1v) is 23.4. The second-order valence-electron chi connectivity index (χ2n) is 19.6. The molecule has 16 heteroatoms. The molecule has 360 valence electrons. The number of anilines is 2. The number of esters is 1. The van der Waals surface area contributed by atoms with Crippen LogP contribution in [0.4, 0.5) is 25.0 Å². The SMILES string of the molecule is CCOC(=O)/C=C/c1cc(=O)n(C2CC2)c2c(C)c(N3CC[C@@H]([C@H](C)NC(=O)OC(C)(C)C)C3)c(F)cc12.Cc1c(N2CC[C@@H]([C@H](C)N)C2)c(F)cc2c(/C=C/C(=O)O)cc(=O)n(C3CC3)c12. The third-order valence-electron chi connectivity index (χ3n) is 13.3. The van der Waals surface area contributed by atoms with Gasteiger partial charge < -0.3 is 44.6 Å². The third-order valence-corrected chi connectivity index (χ3v) is 13.3. The minimum Gasteiger partial charge on any atom is -0.478 e. The summed E-state index contributed by atoms with van der Waals surface area (Å²) in [6.07, 6.45) is 10.00. The van der Waals surface area contributed by atoms with E-state index in [9.17, 15) is 24.0 Å². The average Bonchev–Trinajstić information content (AvgIpc) is 4.16. The molecule has 4 aliphatic rings. The largest absolute Gasteiger partial charge is 0.478 e. The van der Waals surface area contributed by atoms with Gasteiger partial charge in [0.05, 0.1) is 29.0 Å². The van der Waals surface area contributed by atoms with E-state index >= 15 is 8.78 Å². The van der Waals surface area contributed by atoms with E-state index in [1.165, 1.54) is 42.5 Å². The molecule has 2 saturated carbocycles. The van der Waals surface area contributed by atoms with Gasteiger partial charge in [0, 0.05) is 85.4 Å². The van der Waals surface area contributed by atoms with Gasteiger partial charge in [-0.3, -0.25) is 9.59 Å². The lowest BCUT2D eigenvalue weighted by atomic mass is 10.0. The second-order valence-corrected chi connectivity index (χ2v) is 19.6. The maximum atomic E-state index is 15.8. The van der Waals surface area contributed by atoms with Crippen molar-refractivity contribution in [2.45, 2.75) is 124 Å². The Labute approximate surface area is 389 Å². The van der Waals surface area contributed by atoms with Crippen LogP contribution in [0, 0.1) is 37.3 Å². The zero-order valence-electron chi connectivity index (χ0n) is 39.8. The van der Waals surface area contributed by atoms with Gasteiger partial charge in [-0.25, -0.2) is 23.2 Å². The second kappa shape index (κ2) is 19.7. The van der Waals surface area contributed by atoms with Crippen LogP contribution >= 0.6 is 0 Å². The minimum atomic E-state index is -1.11. The van der Waals surface area contributed by atoms with Gasteiger partial charge in [-0.05, 0) is 152 Å². The Bertz CT molecular complexity index is 2760. The number of aromatic nitrogens is 2. The molecule has 2 saturated heterocycles. The topological polar surface area (TPSA) is 178 Å². The molecule has 1 amide bonds. The van der Waals surface area contributed by atoms with Crippen LogP contribution in [-0.2, 0) is 19.1 Å². The van der Waals surface area contributed by atoms with Crippen LogP contribution in [0.5, 0.6) is 0 Å². The van der Waals surface area contributed by atoms with Crippen LogP contribution in [0.3, 0.4) is 0 Å². The van der Waals surface area contributed by atoms with Crippen molar-refractivity contribution in [1.29, 1.82) is 0 Å². The van der Waals surface area contributed by atoms with Crippen LogP contribution in [0.2, 0.25) is 0 Å². The molecule has 2 aliphatic carbocycles. The molecule has 4 heterocycles. The molecule has 2 aliphatic heterocycles. The number of hydrogen-bond acceptors (Lipinski definition) is 10. The number of carbonyl (C=O) groups excluding carboxylic acids is 2. The molecule has 0 radical (unpaired) electrons. The van der Waals surface area contributed by atoms with E-state index in [0.29, 0.717) is 75.4 Å². The summed E-state index contributed by atoms with van der Waals surface area (Å²) >= 11 is 0. The summed E-state index contributed by atoms with van der Waals surface area (Å²) in [7, 11) is 0. The number of rotatable bonds is 12. The number of amides is 1. The molecule has 2 aromatic carbocycles. The predicted molar refractivity (Wildman–Crippen MR) is 258 cm³/mol. The number of aliphatic carboxylic acids is 1. The number of fused-ring (bicyclic) bond motifs is 2. The van der Waals surface area contributed by atoms with E-state index in [2.05, 4.69) is 5.32 Å². The highest BCUT2D eigenvalue weighted by molar-refractivity contribution is 5.98. The van der Waals surface area contributed by atoms with Crippen LogP contribution in [-0.4, -0.2) is 82.7 Å². The van der Waals surface area contributed by atoms with E-state index in [0.717, 1.165) is 56.7 Å². The summed E-state index contributed by atoms with van der Waals surface area (Å²) in [5.74, 6) is -1.95. The number of carboxylic acids is 1. The maximum absolute atomic E-state index is 15.8. The summed E-state index contributed by atoms with van der Waals surface area (Å²) in [4.78, 5) is 65.2. The summed E-state index contributed by atoms with van der Waals surface area (Å²) in [6.45, 7) is 17.6. The molecule has 4 atom stereocenters. The summed E-state index contributed by atoms with van der Waals surface area (Å²) in [5.41, 5.74) is 9.84. The van der Waals surface area contributed by atoms with Crippen molar-refractivity contribution >= 4 is 63.4 Å². The number of carboxylic acid groups (broad SMARTS) is 1. The Balaban J connectivity index is 0.000000206. The molecule has 4 N–H and O–H groups in total. The zero-order chi connectivity index (χ0) is 48.6. The van der Waals surface area contributed by atoms with Gasteiger partial charge in [0.15, 0.2) is 0 Å². The highest BCUT2D eigenvalue weighted by Crippen LogP contribution is 2.43. The van der Waals surface area contributed by atoms with Gasteiger partial charge in [-0.2, -0.15) is 0 Å². The summed E-state index contributed by atoms with van der Waals surface area (Å²) in [6, 6.07) is 5.88. The minimum absolute atomic E-state index is 0.0428. The Hall–Kier alpha value is -6.03. The van der Waals surface area contributed by atoms with E-state index in [-0.39, 0.29) is 59.4 Å². The van der Waals surface area contributed by atoms with Crippen LogP contribution in [0.1, 0.15) is 114 Å². The monoisotopic (exact) mass is 926 g/mol. The van der Waals surface area contributed by atoms with E-state index in [1.807, 2.05) is 58.3 Å². The quantitative estimate of drug-likeness (QED) is 0.0923. The fourth-order valence-electron chi connectivity index (χ4n) is 9.74. The molecule has 4 fully saturated rings. The third kappa shape index (κ3) is 10.9. The molecule has 2 aromatic heterocycles. The fourth-order valence-corrected chi connectivity index (χ4v) is 9.74. The van der Waals surface area contributed by atoms with Gasteiger partial charge in [0.2, 0.25) is 0 Å². The smallest absolute Gasteiger partial charge is 0.407 e. The first kappa shape index (κ1) is 48.9. The lowest BCUT2D eigenvalue weighted by Gasteiger charge is -2.27. The number of aryl methyl sites for hydroxylation is 2. The number of pyridine rings is 2. The highest BCUT2D eigenvalue weighted by atomic mass is 19.1. The lowest BCUT2D eigenvalue weighted by molar-refractivity contribution is -0.137. The summed E-state index contributed by atoms with van der Waals surface area (Å²) < 4.78 is 44.9. The number of benzene rings is 2. The number of hydrogen-bond donors (Lipinski definition) is 3. The molecule has 0 spiro atoms. The molecule has 4 aromatic rings. The van der Waals surface area contributed by atoms with Crippen molar-refractivity contribution in [2.24, 2.45) is 17.6 Å². The van der Waals surface area contributed by atoms with Crippen LogP contribution in [0.15, 0.2) is 46.0 Å². The first-order chi connectivity index (χ1) is 31.7. The molecular weight excluding hydrogens is 863 g/mol. The Morgan fingerprint density at radius 1 is 0.791 bits per heavy atom. The van der Waals surface area contributed by atoms with Crippen LogP contribution < -0.4 is 32.0 Å². The van der Waals surface area contributed by atoms with Crippen molar-refractivity contribution < 1.29 is 37.7 Å². The number of halogens is 2. The van der Waals surface area contributed by atoms with E-state index < -0.39 is 23.6 Å². The van der Waals surface area contributed by atoms with Gasteiger partial charge in [0.25, 0.3) is 11.1 Å². The fraction of sp³-hybridized carbons (Fsp3) is 0.510. The normalized spacial score (nSPS) is 19.6. The van der Waals surface area contributed by atoms with Crippen molar-refractivity contribution in [3.05, 3.63) is 91.0 Å². The number of ether oxygens (including phenoxy) is 2. The highest BCUT2D eigenvalue weighted by Gasteiger charge is 2.35. The first-order valence-electron chi connectivity index (χ1n) is 23.4. The van der Waals surface area contributed by atoms with Crippen molar-refractivity contribution in [1.82, 2.24) is 14.5 Å². The maximum Gasteiger partial charge on any atom is 0.407 e. The van der Waals surface area contributed by atoms with Gasteiger partial charge in [-0.15, -0.1) is 0 Å². The Morgan fingerprint density at radius 2 is 1.25 bits per heavy atom. The standard InChI is InChI=1S/C29H38FN3O5.C22H26FN3O3/c1-7-37-25(35)11-8-19-14-24(34)33(21-9-10-21)26-17(2)27(23(30)15-22(19)26)32-13-12-20(16-32)18(3)31-28(36)38-29(4,5)6;1-12-21-17(10-18(23)22(12)25-8-7-15(11-25)13(2)24)14(3-6-20(28)29)9-19(27)26(21)16-4-5-16/h8,11,14-15,18,20-21H,7,9-10,12-13,16H2,1-6H3,(H,31,36);3,6,9-10,13,15-16H,4-5,7-8,11,24H2,1-2H3,(H,28,29)/b11-8+;6-3+/t18-,20+;13-,15+/m00/s1. The summed E-state index contributed by atoms with van der Waals surface area (Å²) in [5, 5.41) is 13.0. The van der Waals surface area contributed by atoms with Gasteiger partial charge in [-0.1, -0.05) is 0 Å². The van der Waals surface area contributed by atoms with E-state index in [1.54, 1.807) is 16.1 Å². The number of nitrogens with zero attached hydrogens (tertiary/aromatic N) is 4. The van der Waals surface area contributed by atoms with Gasteiger partial charge >= 0.3 is 18.0 Å². The number of nitrogens with two attached hydrogens (primary N) is 1. The Morgan fingerprint density at radius 3 is 1.67 bits per heavy atom. The number of nitrogens with one attached hydrogen (secondary N) is 1. The molecule has 0 bridgehead atoms. The zero-order valence-corrected chi connectivity index (χ0v) is 39.8. The van der Waals surface area contributed by atoms with Crippen molar-refractivity contribution in [3.63, 3.8) is 0 Å². The molecule has 8 rings (SSSR count). The number of alkyl carbamates (subject to hydrolysis) is 1. The lowest BCUT2D eigenvalue weighted by Crippen LogP contribution is -2.42. The van der Waals surface area contributed by atoms with Gasteiger partial charge in [0.1, 0.15) is 17.2 Å². The van der Waals surface area contributed by atoms with Crippen molar-refractivity contribution in [3.8, 4) is 0 Å². The molecule has 0 unspecified atom stereocenters. The van der Waals surface area contributed by atoms with E-state index in [4.69, 9.17) is 20.3 Å². The average molecular weight is 927 g/mol. The van der Waals surface area contributed by atoms with Crippen LogP contribution in [0.25, 0.3) is 34.0 Å². The van der Waals surface area contributed by atoms with Crippen molar-refractivity contribution in [2.75, 3.05) is 42.6 Å².